The van der Waals surface area contributed by atoms with Crippen molar-refractivity contribution in [3.8, 4) is 0 Å². The standard InChI is InChI=1S/C16H26N2O/c1-6-13(5)17-16(19)18-15(7-2)14-9-8-11(3)10-12(14)4/h8-10,13,15H,6-7H2,1-5H3,(H2,17,18,19)/t13-,15-/m1/s1. The van der Waals surface area contributed by atoms with E-state index in [-0.39, 0.29) is 18.1 Å². The molecule has 0 saturated carbocycles. The van der Waals surface area contributed by atoms with Crippen LogP contribution in [-0.2, 0) is 0 Å². The van der Waals surface area contributed by atoms with E-state index < -0.39 is 0 Å². The van der Waals surface area contributed by atoms with Crippen molar-refractivity contribution in [2.75, 3.05) is 0 Å². The highest BCUT2D eigenvalue weighted by atomic mass is 16.2. The minimum Gasteiger partial charge on any atom is -0.336 e. The molecule has 106 valence electrons. The molecule has 19 heavy (non-hydrogen) atoms. The first-order valence-corrected chi connectivity index (χ1v) is 7.12. The molecule has 3 nitrogen and oxygen atoms in total. The molecular weight excluding hydrogens is 236 g/mol. The normalized spacial score (nSPS) is 13.7. The lowest BCUT2D eigenvalue weighted by Crippen LogP contribution is -2.42. The molecule has 2 amide bonds. The third kappa shape index (κ3) is 4.58. The molecule has 0 aromatic heterocycles. The zero-order chi connectivity index (χ0) is 14.4. The zero-order valence-electron chi connectivity index (χ0n) is 12.7. The first-order chi connectivity index (χ1) is 8.97. The van der Waals surface area contributed by atoms with E-state index in [0.717, 1.165) is 12.8 Å². The Hall–Kier alpha value is -1.51. The van der Waals surface area contributed by atoms with Crippen molar-refractivity contribution in [3.05, 3.63) is 34.9 Å². The van der Waals surface area contributed by atoms with Gasteiger partial charge in [0.25, 0.3) is 0 Å². The van der Waals surface area contributed by atoms with Crippen molar-refractivity contribution in [1.82, 2.24) is 10.6 Å². The topological polar surface area (TPSA) is 41.1 Å². The van der Waals surface area contributed by atoms with Crippen molar-refractivity contribution in [2.45, 2.75) is 59.5 Å². The van der Waals surface area contributed by atoms with Crippen LogP contribution in [-0.4, -0.2) is 12.1 Å². The highest BCUT2D eigenvalue weighted by Crippen LogP contribution is 2.21. The summed E-state index contributed by atoms with van der Waals surface area (Å²) in [5.41, 5.74) is 3.68. The Labute approximate surface area is 116 Å². The molecule has 0 unspecified atom stereocenters. The van der Waals surface area contributed by atoms with Crippen molar-refractivity contribution in [1.29, 1.82) is 0 Å². The van der Waals surface area contributed by atoms with Crippen LogP contribution in [0.15, 0.2) is 18.2 Å². The lowest BCUT2D eigenvalue weighted by atomic mass is 9.97. The smallest absolute Gasteiger partial charge is 0.315 e. The molecule has 0 aliphatic carbocycles. The van der Waals surface area contributed by atoms with Crippen LogP contribution in [0.3, 0.4) is 0 Å². The Bertz CT molecular complexity index is 429. The maximum atomic E-state index is 11.9. The van der Waals surface area contributed by atoms with Gasteiger partial charge in [0.1, 0.15) is 0 Å². The summed E-state index contributed by atoms with van der Waals surface area (Å²) < 4.78 is 0. The van der Waals surface area contributed by atoms with E-state index in [0.29, 0.717) is 0 Å². The Morgan fingerprint density at radius 3 is 2.37 bits per heavy atom. The lowest BCUT2D eigenvalue weighted by Gasteiger charge is -2.21. The molecule has 1 aromatic carbocycles. The number of hydrogen-bond acceptors (Lipinski definition) is 1. The van der Waals surface area contributed by atoms with Gasteiger partial charge in [0.2, 0.25) is 0 Å². The number of carbonyl (C=O) groups excluding carboxylic acids is 1. The molecule has 0 heterocycles. The molecule has 0 radical (unpaired) electrons. The third-order valence-electron chi connectivity index (χ3n) is 3.50. The number of nitrogens with one attached hydrogen (secondary N) is 2. The highest BCUT2D eigenvalue weighted by molar-refractivity contribution is 5.74. The number of hydrogen-bond donors (Lipinski definition) is 2. The average Bonchev–Trinajstić information content (AvgIpc) is 2.36. The summed E-state index contributed by atoms with van der Waals surface area (Å²) in [6.45, 7) is 10.3. The van der Waals surface area contributed by atoms with Gasteiger partial charge in [-0.2, -0.15) is 0 Å². The largest absolute Gasteiger partial charge is 0.336 e. The van der Waals surface area contributed by atoms with Gasteiger partial charge in [-0.1, -0.05) is 37.6 Å². The number of rotatable bonds is 5. The van der Waals surface area contributed by atoms with E-state index in [2.05, 4.69) is 56.5 Å². The Kier molecular flexibility index (Phi) is 5.87. The molecule has 0 aliphatic rings. The van der Waals surface area contributed by atoms with Gasteiger partial charge in [-0.25, -0.2) is 4.79 Å². The second kappa shape index (κ2) is 7.17. The number of urea groups is 1. The van der Waals surface area contributed by atoms with Crippen LogP contribution >= 0.6 is 0 Å². The van der Waals surface area contributed by atoms with E-state index in [9.17, 15) is 4.79 Å². The summed E-state index contributed by atoms with van der Waals surface area (Å²) in [5, 5.41) is 6.00. The fourth-order valence-corrected chi connectivity index (χ4v) is 2.14. The maximum absolute atomic E-state index is 11.9. The second-order valence-electron chi connectivity index (χ2n) is 5.25. The minimum atomic E-state index is -0.0822. The molecular formula is C16H26N2O. The molecule has 0 aliphatic heterocycles. The number of carbonyl (C=O) groups is 1. The summed E-state index contributed by atoms with van der Waals surface area (Å²) in [7, 11) is 0. The predicted octanol–water partition coefficient (Wildman–Crippen LogP) is 3.85. The van der Waals surface area contributed by atoms with E-state index in [4.69, 9.17) is 0 Å². The van der Waals surface area contributed by atoms with Crippen molar-refractivity contribution in [2.24, 2.45) is 0 Å². The molecule has 1 rings (SSSR count). The van der Waals surface area contributed by atoms with Crippen LogP contribution < -0.4 is 10.6 Å². The molecule has 2 atom stereocenters. The fraction of sp³-hybridized carbons (Fsp3) is 0.562. The van der Waals surface area contributed by atoms with Crippen molar-refractivity contribution < 1.29 is 4.79 Å². The monoisotopic (exact) mass is 262 g/mol. The molecule has 0 bridgehead atoms. The summed E-state index contributed by atoms with van der Waals surface area (Å²) in [4.78, 5) is 11.9. The van der Waals surface area contributed by atoms with E-state index in [1.807, 2.05) is 6.92 Å². The van der Waals surface area contributed by atoms with Gasteiger partial charge in [0.15, 0.2) is 0 Å². The Morgan fingerprint density at radius 2 is 1.84 bits per heavy atom. The molecule has 3 heteroatoms. The number of benzene rings is 1. The summed E-state index contributed by atoms with van der Waals surface area (Å²) in [6, 6.07) is 6.57. The zero-order valence-corrected chi connectivity index (χ0v) is 12.7. The van der Waals surface area contributed by atoms with Gasteiger partial charge in [0, 0.05) is 6.04 Å². The summed E-state index contributed by atoms with van der Waals surface area (Å²) in [6.07, 6.45) is 1.82. The van der Waals surface area contributed by atoms with Crippen LogP contribution in [0.4, 0.5) is 4.79 Å². The predicted molar refractivity (Wildman–Crippen MR) is 80.4 cm³/mol. The van der Waals surface area contributed by atoms with Crippen LogP contribution in [0.1, 0.15) is 56.3 Å². The van der Waals surface area contributed by atoms with E-state index >= 15 is 0 Å². The van der Waals surface area contributed by atoms with Crippen molar-refractivity contribution in [3.63, 3.8) is 0 Å². The molecule has 0 fully saturated rings. The summed E-state index contributed by atoms with van der Waals surface area (Å²) in [5.74, 6) is 0. The quantitative estimate of drug-likeness (QED) is 0.831. The van der Waals surface area contributed by atoms with Crippen LogP contribution in [0.25, 0.3) is 0 Å². The van der Waals surface area contributed by atoms with Gasteiger partial charge >= 0.3 is 6.03 Å². The van der Waals surface area contributed by atoms with E-state index in [1.54, 1.807) is 0 Å². The summed E-state index contributed by atoms with van der Waals surface area (Å²) >= 11 is 0. The highest BCUT2D eigenvalue weighted by Gasteiger charge is 2.15. The van der Waals surface area contributed by atoms with Crippen molar-refractivity contribution >= 4 is 6.03 Å². The fourth-order valence-electron chi connectivity index (χ4n) is 2.14. The van der Waals surface area contributed by atoms with Gasteiger partial charge in [-0.15, -0.1) is 0 Å². The first-order valence-electron chi connectivity index (χ1n) is 7.12. The van der Waals surface area contributed by atoms with Gasteiger partial charge < -0.3 is 10.6 Å². The Morgan fingerprint density at radius 1 is 1.16 bits per heavy atom. The van der Waals surface area contributed by atoms with Gasteiger partial charge in [0.05, 0.1) is 6.04 Å². The van der Waals surface area contributed by atoms with Crippen LogP contribution in [0.5, 0.6) is 0 Å². The average molecular weight is 262 g/mol. The van der Waals surface area contributed by atoms with Gasteiger partial charge in [-0.05, 0) is 44.7 Å². The molecule has 1 aromatic rings. The second-order valence-corrected chi connectivity index (χ2v) is 5.25. The SMILES string of the molecule is CC[C@@H](C)NC(=O)N[C@H](CC)c1ccc(C)cc1C. The first kappa shape index (κ1) is 15.5. The minimum absolute atomic E-state index is 0.0738. The maximum Gasteiger partial charge on any atom is 0.315 e. The number of aryl methyl sites for hydroxylation is 2. The van der Waals surface area contributed by atoms with E-state index in [1.165, 1.54) is 16.7 Å². The van der Waals surface area contributed by atoms with Gasteiger partial charge in [-0.3, -0.25) is 0 Å². The third-order valence-corrected chi connectivity index (χ3v) is 3.50. The van der Waals surface area contributed by atoms with Crippen LogP contribution in [0.2, 0.25) is 0 Å². The molecule has 2 N–H and O–H groups in total. The number of amides is 2. The van der Waals surface area contributed by atoms with Crippen LogP contribution in [0, 0.1) is 13.8 Å². The molecule has 0 spiro atoms. The molecule has 0 saturated heterocycles. The Balaban J connectivity index is 2.75. The lowest BCUT2D eigenvalue weighted by molar-refractivity contribution is 0.233.